The first kappa shape index (κ1) is 23.1. The number of nitrogens with one attached hydrogen (secondary N) is 2. The summed E-state index contributed by atoms with van der Waals surface area (Å²) in [6, 6.07) is 14.9. The quantitative estimate of drug-likeness (QED) is 0.663. The van der Waals surface area contributed by atoms with Crippen molar-refractivity contribution in [3.8, 4) is 0 Å². The van der Waals surface area contributed by atoms with Crippen LogP contribution in [0.15, 0.2) is 48.5 Å². The summed E-state index contributed by atoms with van der Waals surface area (Å²) in [4.78, 5) is 38.3. The second-order valence-electron chi connectivity index (χ2n) is 7.60. The second kappa shape index (κ2) is 11.2. The zero-order valence-corrected chi connectivity index (χ0v) is 18.6. The molecule has 0 radical (unpaired) electrons. The highest BCUT2D eigenvalue weighted by Gasteiger charge is 2.23. The Labute approximate surface area is 191 Å². The third kappa shape index (κ3) is 6.97. The molecule has 1 fully saturated rings. The van der Waals surface area contributed by atoms with Crippen LogP contribution in [-0.2, 0) is 16.0 Å². The SMILES string of the molecule is O=C(CNC(=O)c1ccc(Cl)cc1Cl)NCC(=O)N1CCC(Cc2ccccc2)CC1. The molecule has 1 heterocycles. The first-order valence-corrected chi connectivity index (χ1v) is 11.0. The summed E-state index contributed by atoms with van der Waals surface area (Å²) in [6.45, 7) is 1.06. The van der Waals surface area contributed by atoms with E-state index in [1.807, 2.05) is 18.2 Å². The van der Waals surface area contributed by atoms with Crippen LogP contribution in [0.1, 0.15) is 28.8 Å². The number of carbonyl (C=O) groups is 3. The fraction of sp³-hybridized carbons (Fsp3) is 0.348. The maximum atomic E-state index is 12.4. The number of hydrogen-bond donors (Lipinski definition) is 2. The Balaban J connectivity index is 1.35. The molecule has 0 aliphatic carbocycles. The lowest BCUT2D eigenvalue weighted by Gasteiger charge is -2.32. The van der Waals surface area contributed by atoms with Gasteiger partial charge in [-0.15, -0.1) is 0 Å². The van der Waals surface area contributed by atoms with Crippen LogP contribution in [0.2, 0.25) is 10.0 Å². The maximum absolute atomic E-state index is 12.4. The summed E-state index contributed by atoms with van der Waals surface area (Å²) in [5.74, 6) is -0.469. The lowest BCUT2D eigenvalue weighted by molar-refractivity contribution is -0.133. The Kier molecular flexibility index (Phi) is 8.32. The summed E-state index contributed by atoms with van der Waals surface area (Å²) < 4.78 is 0. The van der Waals surface area contributed by atoms with Crippen molar-refractivity contribution in [2.75, 3.05) is 26.2 Å². The number of piperidine rings is 1. The molecule has 1 aliphatic rings. The van der Waals surface area contributed by atoms with Crippen molar-refractivity contribution in [3.63, 3.8) is 0 Å². The Bertz CT molecular complexity index is 929. The van der Waals surface area contributed by atoms with Gasteiger partial charge in [0.15, 0.2) is 0 Å². The molecule has 0 saturated carbocycles. The van der Waals surface area contributed by atoms with Crippen LogP contribution in [0.3, 0.4) is 0 Å². The molecule has 0 spiro atoms. The van der Waals surface area contributed by atoms with Gasteiger partial charge in [-0.1, -0.05) is 53.5 Å². The molecule has 6 nitrogen and oxygen atoms in total. The summed E-state index contributed by atoms with van der Waals surface area (Å²) >= 11 is 11.8. The maximum Gasteiger partial charge on any atom is 0.253 e. The molecular weight excluding hydrogens is 437 g/mol. The van der Waals surface area contributed by atoms with Gasteiger partial charge in [-0.25, -0.2) is 0 Å². The van der Waals surface area contributed by atoms with Gasteiger partial charge in [-0.05, 0) is 48.9 Å². The third-order valence-corrected chi connectivity index (χ3v) is 5.90. The summed E-state index contributed by atoms with van der Waals surface area (Å²) in [5.41, 5.74) is 1.55. The Morgan fingerprint density at radius 3 is 2.32 bits per heavy atom. The topological polar surface area (TPSA) is 78.5 Å². The van der Waals surface area contributed by atoms with Crippen molar-refractivity contribution in [2.45, 2.75) is 19.3 Å². The average molecular weight is 462 g/mol. The van der Waals surface area contributed by atoms with Crippen molar-refractivity contribution < 1.29 is 14.4 Å². The minimum atomic E-state index is -0.483. The van der Waals surface area contributed by atoms with Crippen LogP contribution in [0, 0.1) is 5.92 Å². The van der Waals surface area contributed by atoms with Crippen LogP contribution in [0.5, 0.6) is 0 Å². The molecule has 0 aromatic heterocycles. The number of carbonyl (C=O) groups excluding carboxylic acids is 3. The fourth-order valence-corrected chi connectivity index (χ4v) is 4.11. The van der Waals surface area contributed by atoms with Gasteiger partial charge in [0.25, 0.3) is 5.91 Å². The highest BCUT2D eigenvalue weighted by molar-refractivity contribution is 6.36. The van der Waals surface area contributed by atoms with E-state index in [1.165, 1.54) is 17.7 Å². The summed E-state index contributed by atoms with van der Waals surface area (Å²) in [6.07, 6.45) is 2.93. The molecule has 0 atom stereocenters. The average Bonchev–Trinajstić information content (AvgIpc) is 2.77. The number of hydrogen-bond acceptors (Lipinski definition) is 3. The molecule has 2 N–H and O–H groups in total. The number of benzene rings is 2. The Morgan fingerprint density at radius 2 is 1.65 bits per heavy atom. The number of rotatable bonds is 7. The monoisotopic (exact) mass is 461 g/mol. The summed E-state index contributed by atoms with van der Waals surface area (Å²) in [7, 11) is 0. The predicted molar refractivity (Wildman–Crippen MR) is 121 cm³/mol. The smallest absolute Gasteiger partial charge is 0.253 e. The predicted octanol–water partition coefficient (Wildman–Crippen LogP) is 3.32. The first-order valence-electron chi connectivity index (χ1n) is 10.2. The Hall–Kier alpha value is -2.57. The van der Waals surface area contributed by atoms with Gasteiger partial charge < -0.3 is 15.5 Å². The van der Waals surface area contributed by atoms with Crippen molar-refractivity contribution in [1.29, 1.82) is 0 Å². The van der Waals surface area contributed by atoms with E-state index in [9.17, 15) is 14.4 Å². The zero-order valence-electron chi connectivity index (χ0n) is 17.1. The van der Waals surface area contributed by atoms with Gasteiger partial charge >= 0.3 is 0 Å². The van der Waals surface area contributed by atoms with E-state index in [2.05, 4.69) is 22.8 Å². The molecule has 0 unspecified atom stereocenters. The van der Waals surface area contributed by atoms with Gasteiger partial charge in [-0.2, -0.15) is 0 Å². The molecule has 1 saturated heterocycles. The van der Waals surface area contributed by atoms with Gasteiger partial charge in [0.05, 0.1) is 23.7 Å². The van der Waals surface area contributed by atoms with Gasteiger partial charge in [0.1, 0.15) is 0 Å². The molecule has 8 heteroatoms. The molecule has 1 aliphatic heterocycles. The van der Waals surface area contributed by atoms with Crippen LogP contribution < -0.4 is 10.6 Å². The van der Waals surface area contributed by atoms with E-state index in [0.29, 0.717) is 24.0 Å². The molecule has 2 aromatic carbocycles. The third-order valence-electron chi connectivity index (χ3n) is 5.36. The second-order valence-corrected chi connectivity index (χ2v) is 8.44. The first-order chi connectivity index (χ1) is 14.9. The molecule has 3 rings (SSSR count). The normalized spacial score (nSPS) is 14.2. The minimum absolute atomic E-state index is 0.0836. The Morgan fingerprint density at radius 1 is 0.935 bits per heavy atom. The van der Waals surface area contributed by atoms with Crippen LogP contribution >= 0.6 is 23.2 Å². The molecule has 164 valence electrons. The molecule has 31 heavy (non-hydrogen) atoms. The lowest BCUT2D eigenvalue weighted by Crippen LogP contribution is -2.46. The molecule has 3 amide bonds. The van der Waals surface area contributed by atoms with E-state index in [1.54, 1.807) is 11.0 Å². The highest BCUT2D eigenvalue weighted by atomic mass is 35.5. The van der Waals surface area contributed by atoms with E-state index in [4.69, 9.17) is 23.2 Å². The largest absolute Gasteiger partial charge is 0.345 e. The minimum Gasteiger partial charge on any atom is -0.345 e. The van der Waals surface area contributed by atoms with Crippen LogP contribution in [0.25, 0.3) is 0 Å². The number of nitrogens with zero attached hydrogens (tertiary/aromatic N) is 1. The zero-order chi connectivity index (χ0) is 22.2. The van der Waals surface area contributed by atoms with E-state index in [-0.39, 0.29) is 29.6 Å². The number of likely N-dealkylation sites (tertiary alicyclic amines) is 1. The number of halogens is 2. The van der Waals surface area contributed by atoms with E-state index >= 15 is 0 Å². The van der Waals surface area contributed by atoms with Crippen LogP contribution in [-0.4, -0.2) is 48.8 Å². The van der Waals surface area contributed by atoms with Gasteiger partial charge in [0.2, 0.25) is 11.8 Å². The van der Waals surface area contributed by atoms with Crippen LogP contribution in [0.4, 0.5) is 0 Å². The molecular formula is C23H25Cl2N3O3. The van der Waals surface area contributed by atoms with Gasteiger partial charge in [-0.3, -0.25) is 14.4 Å². The van der Waals surface area contributed by atoms with Crippen molar-refractivity contribution in [3.05, 3.63) is 69.7 Å². The summed E-state index contributed by atoms with van der Waals surface area (Å²) in [5, 5.41) is 5.67. The fourth-order valence-electron chi connectivity index (χ4n) is 3.61. The van der Waals surface area contributed by atoms with Crippen molar-refractivity contribution in [2.24, 2.45) is 5.92 Å². The van der Waals surface area contributed by atoms with Gasteiger partial charge in [0, 0.05) is 18.1 Å². The standard InChI is InChI=1S/C23H25Cl2N3O3/c24-18-6-7-19(20(25)13-18)23(31)27-14-21(29)26-15-22(30)28-10-8-17(9-11-28)12-16-4-2-1-3-5-16/h1-7,13,17H,8-12,14-15H2,(H,26,29)(H,27,31). The van der Waals surface area contributed by atoms with Crippen molar-refractivity contribution in [1.82, 2.24) is 15.5 Å². The highest BCUT2D eigenvalue weighted by Crippen LogP contribution is 2.22. The number of amides is 3. The lowest BCUT2D eigenvalue weighted by atomic mass is 9.90. The molecule has 2 aromatic rings. The van der Waals surface area contributed by atoms with E-state index in [0.717, 1.165) is 19.3 Å². The van der Waals surface area contributed by atoms with E-state index < -0.39 is 11.8 Å². The van der Waals surface area contributed by atoms with Crippen molar-refractivity contribution >= 4 is 40.9 Å². The molecule has 0 bridgehead atoms.